The molecule has 20 heavy (non-hydrogen) atoms. The zero-order valence-electron chi connectivity index (χ0n) is 10.6. The van der Waals surface area contributed by atoms with E-state index in [1.807, 2.05) is 24.3 Å². The quantitative estimate of drug-likeness (QED) is 0.787. The first kappa shape index (κ1) is 12.6. The summed E-state index contributed by atoms with van der Waals surface area (Å²) in [5.41, 5.74) is 1.76. The topological polar surface area (TPSA) is 38.1 Å². The van der Waals surface area contributed by atoms with Crippen LogP contribution in [0.25, 0.3) is 11.0 Å². The van der Waals surface area contributed by atoms with Crippen molar-refractivity contribution in [3.8, 4) is 0 Å². The summed E-state index contributed by atoms with van der Waals surface area (Å²) in [6.45, 7) is 0.432. The highest BCUT2D eigenvalue weighted by molar-refractivity contribution is 5.77. The highest BCUT2D eigenvalue weighted by Crippen LogP contribution is 2.19. The van der Waals surface area contributed by atoms with Gasteiger partial charge in [0, 0.05) is 11.9 Å². The molecule has 0 unspecified atom stereocenters. The molecular formula is C15H12F2N2O. The summed E-state index contributed by atoms with van der Waals surface area (Å²) in [5.74, 6) is -1.37. The maximum atomic E-state index is 13.4. The van der Waals surface area contributed by atoms with Crippen LogP contribution in [0.1, 0.15) is 5.56 Å². The van der Waals surface area contributed by atoms with Crippen LogP contribution in [0.5, 0.6) is 0 Å². The van der Waals surface area contributed by atoms with Crippen molar-refractivity contribution in [2.75, 3.05) is 11.9 Å². The lowest BCUT2D eigenvalue weighted by molar-refractivity contribution is 0.578. The number of halogens is 2. The van der Waals surface area contributed by atoms with Crippen molar-refractivity contribution in [2.24, 2.45) is 0 Å². The molecule has 1 N–H and O–H groups in total. The molecule has 0 radical (unpaired) electrons. The minimum absolute atomic E-state index is 0.135. The van der Waals surface area contributed by atoms with Crippen molar-refractivity contribution < 1.29 is 13.2 Å². The van der Waals surface area contributed by atoms with Gasteiger partial charge in [-0.25, -0.2) is 8.78 Å². The molecule has 102 valence electrons. The Bertz CT molecular complexity index is 719. The van der Waals surface area contributed by atoms with Crippen LogP contribution in [-0.4, -0.2) is 11.5 Å². The number of benzene rings is 1. The summed E-state index contributed by atoms with van der Waals surface area (Å²) in [6, 6.07) is 7.71. The number of hydrogen-bond donors (Lipinski definition) is 1. The third-order valence-electron chi connectivity index (χ3n) is 3.09. The van der Waals surface area contributed by atoms with Gasteiger partial charge in [-0.1, -0.05) is 6.07 Å². The molecule has 1 aromatic carbocycles. The molecule has 3 rings (SSSR count). The molecule has 3 aromatic rings. The molecule has 5 heteroatoms. The Labute approximate surface area is 114 Å². The smallest absolute Gasteiger partial charge is 0.167 e. The normalized spacial score (nSPS) is 10.9. The molecule has 3 nitrogen and oxygen atoms in total. The van der Waals surface area contributed by atoms with Crippen LogP contribution in [0.2, 0.25) is 0 Å². The number of rotatable bonds is 4. The predicted octanol–water partition coefficient (Wildman–Crippen LogP) is 3.76. The first-order valence-corrected chi connectivity index (χ1v) is 6.23. The minimum Gasteiger partial charge on any atom is -0.464 e. The van der Waals surface area contributed by atoms with Gasteiger partial charge >= 0.3 is 0 Å². The van der Waals surface area contributed by atoms with Crippen LogP contribution < -0.4 is 5.32 Å². The lowest BCUT2D eigenvalue weighted by atomic mass is 10.1. The molecule has 0 amide bonds. The molecule has 2 heterocycles. The SMILES string of the molecule is Fc1cncc(F)c1NCCc1ccc2occc2c1. The van der Waals surface area contributed by atoms with E-state index in [0.717, 1.165) is 28.9 Å². The summed E-state index contributed by atoms with van der Waals surface area (Å²) in [4.78, 5) is 3.44. The molecule has 0 saturated heterocycles. The molecule has 0 fully saturated rings. The average molecular weight is 274 g/mol. The third kappa shape index (κ3) is 2.47. The van der Waals surface area contributed by atoms with E-state index in [1.54, 1.807) is 6.26 Å². The molecule has 0 spiro atoms. The van der Waals surface area contributed by atoms with Gasteiger partial charge in [-0.2, -0.15) is 0 Å². The average Bonchev–Trinajstić information content (AvgIpc) is 2.89. The maximum absolute atomic E-state index is 13.4. The summed E-state index contributed by atoms with van der Waals surface area (Å²) in [6.07, 6.45) is 4.27. The Morgan fingerprint density at radius 1 is 1.10 bits per heavy atom. The van der Waals surface area contributed by atoms with Gasteiger partial charge in [0.2, 0.25) is 0 Å². The van der Waals surface area contributed by atoms with Crippen molar-refractivity contribution in [3.63, 3.8) is 0 Å². The third-order valence-corrected chi connectivity index (χ3v) is 3.09. The van der Waals surface area contributed by atoms with E-state index in [4.69, 9.17) is 4.42 Å². The molecule has 0 aliphatic rings. The van der Waals surface area contributed by atoms with E-state index in [2.05, 4.69) is 10.3 Å². The van der Waals surface area contributed by atoms with Crippen LogP contribution in [-0.2, 0) is 6.42 Å². The molecule has 0 saturated carbocycles. The van der Waals surface area contributed by atoms with Crippen LogP contribution in [0.15, 0.2) is 47.3 Å². The van der Waals surface area contributed by atoms with Crippen molar-refractivity contribution in [3.05, 3.63) is 60.1 Å². The second kappa shape index (κ2) is 5.28. The molecule has 2 aromatic heterocycles. The number of anilines is 1. The van der Waals surface area contributed by atoms with Crippen molar-refractivity contribution in [2.45, 2.75) is 6.42 Å². The van der Waals surface area contributed by atoms with E-state index >= 15 is 0 Å². The predicted molar refractivity (Wildman–Crippen MR) is 72.6 cm³/mol. The van der Waals surface area contributed by atoms with Crippen LogP contribution in [0.4, 0.5) is 14.5 Å². The number of furan rings is 1. The second-order valence-electron chi connectivity index (χ2n) is 4.45. The molecule has 0 aliphatic carbocycles. The Kier molecular flexibility index (Phi) is 3.33. The number of aromatic nitrogens is 1. The van der Waals surface area contributed by atoms with Gasteiger partial charge in [0.1, 0.15) is 11.3 Å². The Morgan fingerprint density at radius 2 is 1.90 bits per heavy atom. The minimum atomic E-state index is -0.685. The van der Waals surface area contributed by atoms with E-state index < -0.39 is 11.6 Å². The van der Waals surface area contributed by atoms with Gasteiger partial charge in [0.05, 0.1) is 18.7 Å². The lowest BCUT2D eigenvalue weighted by Gasteiger charge is -2.08. The fraction of sp³-hybridized carbons (Fsp3) is 0.133. The summed E-state index contributed by atoms with van der Waals surface area (Å²) >= 11 is 0. The number of fused-ring (bicyclic) bond motifs is 1. The Balaban J connectivity index is 1.67. The Hall–Kier alpha value is -2.43. The Morgan fingerprint density at radius 3 is 2.70 bits per heavy atom. The monoisotopic (exact) mass is 274 g/mol. The largest absolute Gasteiger partial charge is 0.464 e. The zero-order chi connectivity index (χ0) is 13.9. The van der Waals surface area contributed by atoms with Crippen LogP contribution in [0.3, 0.4) is 0 Å². The van der Waals surface area contributed by atoms with Gasteiger partial charge in [-0.3, -0.25) is 4.98 Å². The van der Waals surface area contributed by atoms with Crippen molar-refractivity contribution >= 4 is 16.7 Å². The highest BCUT2D eigenvalue weighted by atomic mass is 19.1. The van der Waals surface area contributed by atoms with Crippen LogP contribution >= 0.6 is 0 Å². The van der Waals surface area contributed by atoms with Gasteiger partial charge in [-0.15, -0.1) is 0 Å². The van der Waals surface area contributed by atoms with E-state index in [-0.39, 0.29) is 5.69 Å². The first-order chi connectivity index (χ1) is 9.74. The van der Waals surface area contributed by atoms with Crippen molar-refractivity contribution in [1.29, 1.82) is 0 Å². The van der Waals surface area contributed by atoms with E-state index in [0.29, 0.717) is 13.0 Å². The second-order valence-corrected chi connectivity index (χ2v) is 4.45. The number of hydrogen-bond acceptors (Lipinski definition) is 3. The van der Waals surface area contributed by atoms with Gasteiger partial charge < -0.3 is 9.73 Å². The summed E-state index contributed by atoms with van der Waals surface area (Å²) in [5, 5.41) is 3.78. The fourth-order valence-electron chi connectivity index (χ4n) is 2.08. The van der Waals surface area contributed by atoms with Gasteiger partial charge in [0.15, 0.2) is 11.6 Å². The van der Waals surface area contributed by atoms with Crippen LogP contribution in [0, 0.1) is 11.6 Å². The van der Waals surface area contributed by atoms with E-state index in [9.17, 15) is 8.78 Å². The summed E-state index contributed by atoms with van der Waals surface area (Å²) in [7, 11) is 0. The number of nitrogens with one attached hydrogen (secondary N) is 1. The standard InChI is InChI=1S/C15H12F2N2O/c16-12-8-18-9-13(17)15(12)19-5-3-10-1-2-14-11(7-10)4-6-20-14/h1-2,4,6-9H,3,5H2,(H,18,19). The molecular weight excluding hydrogens is 262 g/mol. The number of pyridine rings is 1. The van der Waals surface area contributed by atoms with Gasteiger partial charge in [-0.05, 0) is 30.2 Å². The fourth-order valence-corrected chi connectivity index (χ4v) is 2.08. The highest BCUT2D eigenvalue weighted by Gasteiger charge is 2.08. The number of nitrogens with zero attached hydrogens (tertiary/aromatic N) is 1. The lowest BCUT2D eigenvalue weighted by Crippen LogP contribution is -2.08. The van der Waals surface area contributed by atoms with E-state index in [1.165, 1.54) is 0 Å². The molecule has 0 bridgehead atoms. The first-order valence-electron chi connectivity index (χ1n) is 6.23. The zero-order valence-corrected chi connectivity index (χ0v) is 10.6. The molecule has 0 atom stereocenters. The summed E-state index contributed by atoms with van der Waals surface area (Å²) < 4.78 is 32.0. The maximum Gasteiger partial charge on any atom is 0.167 e. The molecule has 0 aliphatic heterocycles. The van der Waals surface area contributed by atoms with Gasteiger partial charge in [0.25, 0.3) is 0 Å². The van der Waals surface area contributed by atoms with Crippen molar-refractivity contribution in [1.82, 2.24) is 4.98 Å².